The van der Waals surface area contributed by atoms with Crippen molar-refractivity contribution in [1.29, 1.82) is 0 Å². The van der Waals surface area contributed by atoms with Crippen molar-refractivity contribution in [2.75, 3.05) is 18.0 Å². The molecule has 2 aliphatic rings. The molecule has 2 aromatic rings. The number of carbonyl (C=O) groups excluding carboxylic acids is 1. The molecule has 1 aromatic carbocycles. The highest BCUT2D eigenvalue weighted by Gasteiger charge is 2.28. The van der Waals surface area contributed by atoms with E-state index in [0.717, 1.165) is 31.6 Å². The molecule has 1 aliphatic heterocycles. The molecular formula is C18H23N5O2. The van der Waals surface area contributed by atoms with Crippen LogP contribution in [0.3, 0.4) is 0 Å². The first-order chi connectivity index (χ1) is 12.2. The highest BCUT2D eigenvalue weighted by atomic mass is 16.5. The molecule has 0 bridgehead atoms. The summed E-state index contributed by atoms with van der Waals surface area (Å²) in [6, 6.07) is 8.70. The maximum atomic E-state index is 11.9. The fraction of sp³-hybridized carbons (Fsp3) is 0.500. The molecule has 1 aromatic heterocycles. The van der Waals surface area contributed by atoms with Gasteiger partial charge in [0.1, 0.15) is 0 Å². The molecule has 7 heteroatoms. The molecule has 0 radical (unpaired) electrons. The highest BCUT2D eigenvalue weighted by Crippen LogP contribution is 2.38. The molecule has 0 spiro atoms. The third-order valence-electron chi connectivity index (χ3n) is 4.81. The molecule has 4 rings (SSSR count). The van der Waals surface area contributed by atoms with E-state index in [9.17, 15) is 4.79 Å². The van der Waals surface area contributed by atoms with E-state index in [1.165, 1.54) is 11.3 Å². The summed E-state index contributed by atoms with van der Waals surface area (Å²) >= 11 is 0. The van der Waals surface area contributed by atoms with E-state index in [1.54, 1.807) is 0 Å². The van der Waals surface area contributed by atoms with Crippen LogP contribution in [0.4, 0.5) is 10.5 Å². The van der Waals surface area contributed by atoms with Gasteiger partial charge in [0, 0.05) is 30.7 Å². The summed E-state index contributed by atoms with van der Waals surface area (Å²) in [7, 11) is 0. The molecule has 1 fully saturated rings. The number of hydrogen-bond acceptors (Lipinski definition) is 5. The van der Waals surface area contributed by atoms with E-state index in [0.29, 0.717) is 24.4 Å². The lowest BCUT2D eigenvalue weighted by Gasteiger charge is -2.25. The summed E-state index contributed by atoms with van der Waals surface area (Å²) in [5.41, 5.74) is 2.65. The lowest BCUT2D eigenvalue weighted by Crippen LogP contribution is -2.41. The molecule has 0 saturated heterocycles. The summed E-state index contributed by atoms with van der Waals surface area (Å²) in [4.78, 5) is 18.6. The van der Waals surface area contributed by atoms with Crippen molar-refractivity contribution < 1.29 is 9.32 Å². The largest absolute Gasteiger partial charge is 0.367 e. The van der Waals surface area contributed by atoms with E-state index in [1.807, 2.05) is 0 Å². The van der Waals surface area contributed by atoms with Crippen LogP contribution >= 0.6 is 0 Å². The molecular weight excluding hydrogens is 318 g/mol. The maximum Gasteiger partial charge on any atom is 0.315 e. The second-order valence-corrected chi connectivity index (χ2v) is 6.81. The Hall–Kier alpha value is -2.57. The van der Waals surface area contributed by atoms with Crippen molar-refractivity contribution in [3.8, 4) is 0 Å². The second-order valence-electron chi connectivity index (χ2n) is 6.81. The Balaban J connectivity index is 1.21. The van der Waals surface area contributed by atoms with E-state index < -0.39 is 0 Å². The van der Waals surface area contributed by atoms with Crippen LogP contribution in [0.15, 0.2) is 28.8 Å². The number of aromatic nitrogens is 2. The maximum absolute atomic E-state index is 11.9. The van der Waals surface area contributed by atoms with Crippen LogP contribution in [0.1, 0.15) is 43.0 Å². The molecule has 2 heterocycles. The zero-order valence-corrected chi connectivity index (χ0v) is 14.4. The van der Waals surface area contributed by atoms with Gasteiger partial charge in [0.05, 0.1) is 6.54 Å². The van der Waals surface area contributed by atoms with Gasteiger partial charge in [-0.3, -0.25) is 0 Å². The van der Waals surface area contributed by atoms with Crippen LogP contribution in [-0.4, -0.2) is 35.3 Å². The van der Waals surface area contributed by atoms with Gasteiger partial charge in [-0.2, -0.15) is 4.98 Å². The van der Waals surface area contributed by atoms with Gasteiger partial charge in [0.25, 0.3) is 0 Å². The van der Waals surface area contributed by atoms with Gasteiger partial charge >= 0.3 is 6.03 Å². The van der Waals surface area contributed by atoms with Gasteiger partial charge in [-0.05, 0) is 37.8 Å². The van der Waals surface area contributed by atoms with Crippen LogP contribution < -0.4 is 15.5 Å². The normalized spacial score (nSPS) is 18.9. The number of carbonyl (C=O) groups is 1. The number of hydrogen-bond donors (Lipinski definition) is 2. The van der Waals surface area contributed by atoms with Crippen LogP contribution in [0.5, 0.6) is 0 Å². The van der Waals surface area contributed by atoms with Crippen molar-refractivity contribution in [2.24, 2.45) is 0 Å². The monoisotopic (exact) mass is 341 g/mol. The number of para-hydroxylation sites is 1. The fourth-order valence-electron chi connectivity index (χ4n) is 3.33. The Morgan fingerprint density at radius 1 is 1.32 bits per heavy atom. The number of urea groups is 1. The van der Waals surface area contributed by atoms with Crippen LogP contribution in [0, 0.1) is 0 Å². The van der Waals surface area contributed by atoms with E-state index in [4.69, 9.17) is 4.52 Å². The Bertz CT molecular complexity index is 755. The number of benzene rings is 1. The molecule has 25 heavy (non-hydrogen) atoms. The van der Waals surface area contributed by atoms with Gasteiger partial charge in [-0.1, -0.05) is 23.4 Å². The number of rotatable bonds is 6. The van der Waals surface area contributed by atoms with Crippen LogP contribution in [-0.2, 0) is 13.0 Å². The number of nitrogens with one attached hydrogen (secondary N) is 2. The first-order valence-corrected chi connectivity index (χ1v) is 8.89. The minimum atomic E-state index is -0.216. The zero-order valence-electron chi connectivity index (χ0n) is 14.4. The van der Waals surface area contributed by atoms with Crippen LogP contribution in [0.2, 0.25) is 0 Å². The first-order valence-electron chi connectivity index (χ1n) is 8.89. The Labute approximate surface area is 146 Å². The Morgan fingerprint density at radius 2 is 2.16 bits per heavy atom. The Morgan fingerprint density at radius 3 is 3.00 bits per heavy atom. The SMILES string of the molecule is CC1Cc2ccccc2N1CCNC(=O)NCc1nc(C2CC2)no1. The Kier molecular flexibility index (Phi) is 4.29. The average Bonchev–Trinajstić information content (AvgIpc) is 3.27. The summed E-state index contributed by atoms with van der Waals surface area (Å²) in [6.07, 6.45) is 3.32. The van der Waals surface area contributed by atoms with E-state index >= 15 is 0 Å². The summed E-state index contributed by atoms with van der Waals surface area (Å²) in [6.45, 7) is 3.85. The smallest absolute Gasteiger partial charge is 0.315 e. The molecule has 1 atom stereocenters. The number of fused-ring (bicyclic) bond motifs is 1. The molecule has 1 saturated carbocycles. The van der Waals surface area contributed by atoms with Gasteiger partial charge in [-0.25, -0.2) is 4.79 Å². The number of nitrogens with zero attached hydrogens (tertiary/aromatic N) is 3. The third-order valence-corrected chi connectivity index (χ3v) is 4.81. The van der Waals surface area contributed by atoms with Gasteiger partial charge < -0.3 is 20.1 Å². The van der Waals surface area contributed by atoms with Crippen molar-refractivity contribution in [2.45, 2.75) is 44.7 Å². The number of anilines is 1. The standard InChI is InChI=1S/C18H23N5O2/c1-12-10-14-4-2-3-5-15(14)23(12)9-8-19-18(24)20-11-16-21-17(22-25-16)13-6-7-13/h2-5,12-13H,6-11H2,1H3,(H2,19,20,24). The lowest BCUT2D eigenvalue weighted by atomic mass is 10.1. The molecule has 2 amide bonds. The molecule has 7 nitrogen and oxygen atoms in total. The van der Waals surface area contributed by atoms with Crippen LogP contribution in [0.25, 0.3) is 0 Å². The number of amides is 2. The van der Waals surface area contributed by atoms with Crippen molar-refractivity contribution in [1.82, 2.24) is 20.8 Å². The van der Waals surface area contributed by atoms with Gasteiger partial charge in [0.2, 0.25) is 5.89 Å². The second kappa shape index (κ2) is 6.74. The van der Waals surface area contributed by atoms with Crippen molar-refractivity contribution in [3.63, 3.8) is 0 Å². The predicted octanol–water partition coefficient (Wildman–Crippen LogP) is 2.20. The van der Waals surface area contributed by atoms with E-state index in [-0.39, 0.29) is 12.6 Å². The predicted molar refractivity (Wildman–Crippen MR) is 93.5 cm³/mol. The zero-order chi connectivity index (χ0) is 17.2. The molecule has 1 unspecified atom stereocenters. The van der Waals surface area contributed by atoms with Crippen molar-refractivity contribution in [3.05, 3.63) is 41.5 Å². The topological polar surface area (TPSA) is 83.3 Å². The molecule has 132 valence electrons. The minimum absolute atomic E-state index is 0.216. The molecule has 2 N–H and O–H groups in total. The first kappa shape index (κ1) is 15.9. The van der Waals surface area contributed by atoms with Crippen molar-refractivity contribution >= 4 is 11.7 Å². The third kappa shape index (κ3) is 3.60. The summed E-state index contributed by atoms with van der Waals surface area (Å²) in [5.74, 6) is 1.68. The van der Waals surface area contributed by atoms with Gasteiger partial charge in [-0.15, -0.1) is 0 Å². The van der Waals surface area contributed by atoms with E-state index in [2.05, 4.69) is 56.9 Å². The van der Waals surface area contributed by atoms with Gasteiger partial charge in [0.15, 0.2) is 5.82 Å². The summed E-state index contributed by atoms with van der Waals surface area (Å²) in [5, 5.41) is 9.59. The quantitative estimate of drug-likeness (QED) is 0.841. The average molecular weight is 341 g/mol. The minimum Gasteiger partial charge on any atom is -0.367 e. The molecule has 1 aliphatic carbocycles. The fourth-order valence-corrected chi connectivity index (χ4v) is 3.33. The lowest BCUT2D eigenvalue weighted by molar-refractivity contribution is 0.238. The highest BCUT2D eigenvalue weighted by molar-refractivity contribution is 5.73. The summed E-state index contributed by atoms with van der Waals surface area (Å²) < 4.78 is 5.14.